The van der Waals surface area contributed by atoms with E-state index in [2.05, 4.69) is 0 Å². The maximum absolute atomic E-state index is 13.3. The summed E-state index contributed by atoms with van der Waals surface area (Å²) in [5.74, 6) is -5.75. The Morgan fingerprint density at radius 3 is 2.06 bits per heavy atom. The molecule has 1 aromatic rings. The zero-order chi connectivity index (χ0) is 14.1. The van der Waals surface area contributed by atoms with Crippen LogP contribution in [0.1, 0.15) is 17.5 Å². The van der Waals surface area contributed by atoms with Gasteiger partial charge in [0, 0.05) is 10.6 Å². The number of hydrogen-bond acceptors (Lipinski definition) is 1. The first-order chi connectivity index (χ1) is 8.02. The summed E-state index contributed by atoms with van der Waals surface area (Å²) in [6, 6.07) is 1.29. The Morgan fingerprint density at radius 1 is 1.11 bits per heavy atom. The zero-order valence-electron chi connectivity index (χ0n) is 8.56. The lowest BCUT2D eigenvalue weighted by Gasteiger charge is -2.17. The van der Waals surface area contributed by atoms with E-state index in [1.807, 2.05) is 0 Å². The number of rotatable bonds is 3. The van der Waals surface area contributed by atoms with Gasteiger partial charge in [0.15, 0.2) is 0 Å². The first-order valence-corrected chi connectivity index (χ1v) is 4.88. The van der Waals surface area contributed by atoms with Gasteiger partial charge in [-0.2, -0.15) is 13.2 Å². The van der Waals surface area contributed by atoms with Gasteiger partial charge in [0.05, 0.1) is 5.56 Å². The Kier molecular flexibility index (Phi) is 3.85. The van der Waals surface area contributed by atoms with Crippen LogP contribution in [-0.2, 0) is 16.9 Å². The molecule has 0 aliphatic carbocycles. The molecule has 0 saturated carbocycles. The Bertz CT molecular complexity index is 470. The van der Waals surface area contributed by atoms with Gasteiger partial charge in [-0.05, 0) is 18.2 Å². The standard InChI is InChI=1S/C10H6ClF5O2/c11-7-2-5(9(12,13)4-8(17)18)1-6(3-7)10(14,15)16/h1-3H,4H2,(H,17,18). The molecule has 1 rings (SSSR count). The van der Waals surface area contributed by atoms with E-state index in [1.165, 1.54) is 0 Å². The van der Waals surface area contributed by atoms with Crippen LogP contribution in [-0.4, -0.2) is 11.1 Å². The number of carboxylic acids is 1. The van der Waals surface area contributed by atoms with Gasteiger partial charge in [-0.15, -0.1) is 0 Å². The third-order valence-electron chi connectivity index (χ3n) is 2.02. The van der Waals surface area contributed by atoms with Gasteiger partial charge in [0.2, 0.25) is 0 Å². The molecule has 0 heterocycles. The van der Waals surface area contributed by atoms with Crippen LogP contribution < -0.4 is 0 Å². The van der Waals surface area contributed by atoms with Crippen LogP contribution in [0, 0.1) is 0 Å². The summed E-state index contributed by atoms with van der Waals surface area (Å²) in [5, 5.41) is 7.74. The monoisotopic (exact) mass is 288 g/mol. The van der Waals surface area contributed by atoms with Gasteiger partial charge in [0.25, 0.3) is 5.92 Å². The van der Waals surface area contributed by atoms with Crippen molar-refractivity contribution in [3.63, 3.8) is 0 Å². The third-order valence-corrected chi connectivity index (χ3v) is 2.24. The second kappa shape index (κ2) is 4.72. The fourth-order valence-corrected chi connectivity index (χ4v) is 1.49. The summed E-state index contributed by atoms with van der Waals surface area (Å²) in [6.07, 6.45) is -6.44. The highest BCUT2D eigenvalue weighted by atomic mass is 35.5. The van der Waals surface area contributed by atoms with Crippen molar-refractivity contribution >= 4 is 17.6 Å². The largest absolute Gasteiger partial charge is 0.481 e. The molecule has 0 saturated heterocycles. The lowest BCUT2D eigenvalue weighted by Crippen LogP contribution is -2.19. The summed E-state index contributed by atoms with van der Waals surface area (Å²) in [7, 11) is 0. The summed E-state index contributed by atoms with van der Waals surface area (Å²) in [6.45, 7) is 0. The molecule has 0 bridgehead atoms. The van der Waals surface area contributed by atoms with Crippen LogP contribution in [0.3, 0.4) is 0 Å². The van der Waals surface area contributed by atoms with Gasteiger partial charge in [-0.3, -0.25) is 4.79 Å². The number of carboxylic acid groups (broad SMARTS) is 1. The second-order valence-corrected chi connectivity index (χ2v) is 3.94. The molecule has 8 heteroatoms. The molecule has 0 fully saturated rings. The molecule has 0 spiro atoms. The minimum Gasteiger partial charge on any atom is -0.481 e. The molecule has 0 unspecified atom stereocenters. The Balaban J connectivity index is 3.25. The van der Waals surface area contributed by atoms with Crippen molar-refractivity contribution in [2.45, 2.75) is 18.5 Å². The topological polar surface area (TPSA) is 37.3 Å². The van der Waals surface area contributed by atoms with Crippen molar-refractivity contribution < 1.29 is 31.9 Å². The minimum atomic E-state index is -4.83. The first-order valence-electron chi connectivity index (χ1n) is 4.50. The number of hydrogen-bond donors (Lipinski definition) is 1. The van der Waals surface area contributed by atoms with Crippen molar-refractivity contribution in [3.8, 4) is 0 Å². The van der Waals surface area contributed by atoms with Crippen LogP contribution >= 0.6 is 11.6 Å². The lowest BCUT2D eigenvalue weighted by atomic mass is 10.0. The number of halogens is 6. The summed E-state index contributed by atoms with van der Waals surface area (Å²) in [5.41, 5.74) is -2.43. The van der Waals surface area contributed by atoms with E-state index >= 15 is 0 Å². The molecule has 18 heavy (non-hydrogen) atoms. The minimum absolute atomic E-state index is 0.189. The van der Waals surface area contributed by atoms with Crippen molar-refractivity contribution in [1.29, 1.82) is 0 Å². The fraction of sp³-hybridized carbons (Fsp3) is 0.300. The molecule has 0 radical (unpaired) electrons. The fourth-order valence-electron chi connectivity index (χ4n) is 1.26. The second-order valence-electron chi connectivity index (χ2n) is 3.50. The van der Waals surface area contributed by atoms with Crippen LogP contribution in [0.4, 0.5) is 22.0 Å². The van der Waals surface area contributed by atoms with E-state index < -0.39 is 40.6 Å². The number of aliphatic carboxylic acids is 1. The smallest absolute Gasteiger partial charge is 0.416 e. The number of carbonyl (C=O) groups is 1. The van der Waals surface area contributed by atoms with Crippen molar-refractivity contribution in [1.82, 2.24) is 0 Å². The quantitative estimate of drug-likeness (QED) is 0.856. The van der Waals surface area contributed by atoms with E-state index in [0.29, 0.717) is 12.1 Å². The molecule has 100 valence electrons. The van der Waals surface area contributed by atoms with Gasteiger partial charge < -0.3 is 5.11 Å². The highest BCUT2D eigenvalue weighted by molar-refractivity contribution is 6.30. The highest BCUT2D eigenvalue weighted by Crippen LogP contribution is 2.38. The van der Waals surface area contributed by atoms with Gasteiger partial charge >= 0.3 is 12.1 Å². The molecule has 2 nitrogen and oxygen atoms in total. The van der Waals surface area contributed by atoms with Crippen molar-refractivity contribution in [2.75, 3.05) is 0 Å². The van der Waals surface area contributed by atoms with Crippen molar-refractivity contribution in [2.24, 2.45) is 0 Å². The molecule has 1 aromatic carbocycles. The average molecular weight is 289 g/mol. The Hall–Kier alpha value is -1.37. The average Bonchev–Trinajstić information content (AvgIpc) is 2.13. The van der Waals surface area contributed by atoms with Crippen LogP contribution in [0.2, 0.25) is 5.02 Å². The summed E-state index contributed by atoms with van der Waals surface area (Å²) in [4.78, 5) is 10.2. The maximum Gasteiger partial charge on any atom is 0.416 e. The molecule has 0 aliphatic heterocycles. The molecule has 0 aromatic heterocycles. The van der Waals surface area contributed by atoms with Crippen molar-refractivity contribution in [3.05, 3.63) is 34.3 Å². The van der Waals surface area contributed by atoms with Crippen LogP contribution in [0.5, 0.6) is 0 Å². The SMILES string of the molecule is O=C(O)CC(F)(F)c1cc(Cl)cc(C(F)(F)F)c1. The predicted octanol–water partition coefficient (Wildman–Crippen LogP) is 3.93. The molecule has 0 aliphatic rings. The molecule has 0 amide bonds. The summed E-state index contributed by atoms with van der Waals surface area (Å²) >= 11 is 5.32. The Labute approximate surface area is 103 Å². The molecule has 0 atom stereocenters. The van der Waals surface area contributed by atoms with Crippen LogP contribution in [0.25, 0.3) is 0 Å². The van der Waals surface area contributed by atoms with Crippen LogP contribution in [0.15, 0.2) is 18.2 Å². The molecular formula is C10H6ClF5O2. The van der Waals surface area contributed by atoms with E-state index in [0.717, 1.165) is 0 Å². The number of alkyl halides is 5. The predicted molar refractivity (Wildman–Crippen MR) is 52.6 cm³/mol. The first kappa shape index (κ1) is 14.7. The lowest BCUT2D eigenvalue weighted by molar-refractivity contribution is -0.145. The van der Waals surface area contributed by atoms with Gasteiger partial charge in [-0.1, -0.05) is 11.6 Å². The van der Waals surface area contributed by atoms with E-state index in [9.17, 15) is 26.7 Å². The normalized spacial score (nSPS) is 12.6. The van der Waals surface area contributed by atoms with Gasteiger partial charge in [-0.25, -0.2) is 8.78 Å². The highest BCUT2D eigenvalue weighted by Gasteiger charge is 2.38. The van der Waals surface area contributed by atoms with E-state index in [-0.39, 0.29) is 6.07 Å². The third kappa shape index (κ3) is 3.56. The number of benzene rings is 1. The molecular weight excluding hydrogens is 283 g/mol. The van der Waals surface area contributed by atoms with Gasteiger partial charge in [0.1, 0.15) is 6.42 Å². The Morgan fingerprint density at radius 2 is 1.61 bits per heavy atom. The van der Waals surface area contributed by atoms with E-state index in [4.69, 9.17) is 16.7 Å². The zero-order valence-corrected chi connectivity index (χ0v) is 9.32. The summed E-state index contributed by atoms with van der Waals surface area (Å²) < 4.78 is 63.8. The molecule has 1 N–H and O–H groups in total. The van der Waals surface area contributed by atoms with E-state index in [1.54, 1.807) is 0 Å². The maximum atomic E-state index is 13.3.